The highest BCUT2D eigenvalue weighted by Gasteiger charge is 2.20. The van der Waals surface area contributed by atoms with Crippen molar-refractivity contribution in [3.63, 3.8) is 0 Å². The second-order valence-electron chi connectivity index (χ2n) is 3.53. The fourth-order valence-electron chi connectivity index (χ4n) is 1.12. The van der Waals surface area contributed by atoms with Gasteiger partial charge in [0.2, 0.25) is 0 Å². The molecule has 88 valence electrons. The number of hydrogen-bond donors (Lipinski definition) is 2. The number of aliphatic hydroxyl groups is 2. The quantitative estimate of drug-likeness (QED) is 0.626. The SMILES string of the molecule is C=C(SC(CCCC)C(O)CO)C(C)=O. The summed E-state index contributed by atoms with van der Waals surface area (Å²) < 4.78 is 0. The minimum atomic E-state index is -0.780. The smallest absolute Gasteiger partial charge is 0.165 e. The molecule has 0 rings (SSSR count). The molecule has 0 aromatic carbocycles. The van der Waals surface area contributed by atoms with Crippen LogP contribution < -0.4 is 0 Å². The molecule has 0 fully saturated rings. The van der Waals surface area contributed by atoms with Gasteiger partial charge in [-0.25, -0.2) is 0 Å². The number of rotatable bonds is 8. The fraction of sp³-hybridized carbons (Fsp3) is 0.727. The number of ketones is 1. The first kappa shape index (κ1) is 14.7. The van der Waals surface area contributed by atoms with Gasteiger partial charge in [0.25, 0.3) is 0 Å². The molecule has 0 aromatic rings. The second-order valence-corrected chi connectivity index (χ2v) is 4.86. The molecule has 0 radical (unpaired) electrons. The van der Waals surface area contributed by atoms with E-state index in [-0.39, 0.29) is 17.6 Å². The van der Waals surface area contributed by atoms with Crippen LogP contribution in [0.2, 0.25) is 0 Å². The van der Waals surface area contributed by atoms with Crippen molar-refractivity contribution in [3.8, 4) is 0 Å². The van der Waals surface area contributed by atoms with Crippen LogP contribution in [0.5, 0.6) is 0 Å². The highest BCUT2D eigenvalue weighted by molar-refractivity contribution is 8.04. The maximum absolute atomic E-state index is 11.0. The van der Waals surface area contributed by atoms with Crippen LogP contribution in [0.25, 0.3) is 0 Å². The molecule has 0 saturated carbocycles. The third-order valence-corrected chi connectivity index (χ3v) is 3.57. The van der Waals surface area contributed by atoms with Crippen molar-refractivity contribution < 1.29 is 15.0 Å². The van der Waals surface area contributed by atoms with Gasteiger partial charge in [-0.15, -0.1) is 11.8 Å². The zero-order chi connectivity index (χ0) is 11.8. The van der Waals surface area contributed by atoms with Crippen molar-refractivity contribution in [2.45, 2.75) is 44.5 Å². The van der Waals surface area contributed by atoms with Gasteiger partial charge in [0.15, 0.2) is 5.78 Å². The van der Waals surface area contributed by atoms with Gasteiger partial charge in [-0.1, -0.05) is 26.3 Å². The third-order valence-electron chi connectivity index (χ3n) is 2.14. The first-order valence-electron chi connectivity index (χ1n) is 5.18. The Labute approximate surface area is 95.6 Å². The minimum Gasteiger partial charge on any atom is -0.394 e. The maximum atomic E-state index is 11.0. The van der Waals surface area contributed by atoms with Gasteiger partial charge in [0.1, 0.15) is 0 Å². The fourth-order valence-corrected chi connectivity index (χ4v) is 2.18. The highest BCUT2D eigenvalue weighted by atomic mass is 32.2. The number of aliphatic hydroxyl groups excluding tert-OH is 2. The van der Waals surface area contributed by atoms with E-state index in [9.17, 15) is 9.90 Å². The van der Waals surface area contributed by atoms with Crippen LogP contribution in [-0.2, 0) is 4.79 Å². The molecule has 0 amide bonds. The lowest BCUT2D eigenvalue weighted by atomic mass is 10.1. The molecule has 0 aliphatic rings. The molecule has 4 heteroatoms. The van der Waals surface area contributed by atoms with E-state index in [4.69, 9.17) is 5.11 Å². The number of carbonyl (C=O) groups excluding carboxylic acids is 1. The molecule has 0 spiro atoms. The predicted molar refractivity (Wildman–Crippen MR) is 63.8 cm³/mol. The molecule has 2 atom stereocenters. The average molecular weight is 232 g/mol. The molecule has 0 aliphatic heterocycles. The summed E-state index contributed by atoms with van der Waals surface area (Å²) in [6.45, 7) is 6.89. The molecule has 0 aliphatic carbocycles. The van der Waals surface area contributed by atoms with Gasteiger partial charge in [-0.05, 0) is 13.3 Å². The van der Waals surface area contributed by atoms with Crippen molar-refractivity contribution in [2.24, 2.45) is 0 Å². The summed E-state index contributed by atoms with van der Waals surface area (Å²) in [6.07, 6.45) is 2.01. The number of allylic oxidation sites excluding steroid dienone is 1. The van der Waals surface area contributed by atoms with Crippen molar-refractivity contribution in [1.29, 1.82) is 0 Å². The van der Waals surface area contributed by atoms with Crippen LogP contribution >= 0.6 is 11.8 Å². The molecule has 15 heavy (non-hydrogen) atoms. The van der Waals surface area contributed by atoms with E-state index in [1.165, 1.54) is 18.7 Å². The topological polar surface area (TPSA) is 57.5 Å². The van der Waals surface area contributed by atoms with E-state index < -0.39 is 6.10 Å². The van der Waals surface area contributed by atoms with Crippen LogP contribution in [0.4, 0.5) is 0 Å². The number of Topliss-reactive ketones (excluding diaryl/α,β-unsaturated/α-hetero) is 1. The lowest BCUT2D eigenvalue weighted by Crippen LogP contribution is -2.27. The third kappa shape index (κ3) is 5.97. The van der Waals surface area contributed by atoms with Crippen molar-refractivity contribution in [1.82, 2.24) is 0 Å². The summed E-state index contributed by atoms with van der Waals surface area (Å²) >= 11 is 1.27. The first-order chi connectivity index (χ1) is 7.02. The summed E-state index contributed by atoms with van der Waals surface area (Å²) in [5.74, 6) is -0.0772. The monoisotopic (exact) mass is 232 g/mol. The molecular weight excluding hydrogens is 212 g/mol. The van der Waals surface area contributed by atoms with Crippen LogP contribution in [0.3, 0.4) is 0 Å². The van der Waals surface area contributed by atoms with E-state index in [1.54, 1.807) is 0 Å². The van der Waals surface area contributed by atoms with Crippen molar-refractivity contribution in [3.05, 3.63) is 11.5 Å². The van der Waals surface area contributed by atoms with Gasteiger partial charge in [-0.2, -0.15) is 0 Å². The molecule has 2 N–H and O–H groups in total. The van der Waals surface area contributed by atoms with E-state index in [2.05, 4.69) is 13.5 Å². The Kier molecular flexibility index (Phi) is 7.74. The standard InChI is InChI=1S/C11H20O3S/c1-4-5-6-11(10(14)7-12)15-9(3)8(2)13/h10-12,14H,3-7H2,1-2H3. The van der Waals surface area contributed by atoms with Gasteiger partial charge in [0, 0.05) is 10.2 Å². The Morgan fingerprint density at radius 2 is 2.13 bits per heavy atom. The summed E-state index contributed by atoms with van der Waals surface area (Å²) in [6, 6.07) is 0. The molecule has 3 nitrogen and oxygen atoms in total. The maximum Gasteiger partial charge on any atom is 0.165 e. The molecular formula is C11H20O3S. The van der Waals surface area contributed by atoms with Crippen LogP contribution in [0.15, 0.2) is 11.5 Å². The Hall–Kier alpha value is -0.320. The Morgan fingerprint density at radius 1 is 1.53 bits per heavy atom. The highest BCUT2D eigenvalue weighted by Crippen LogP contribution is 2.27. The summed E-state index contributed by atoms with van der Waals surface area (Å²) in [5.41, 5.74) is 0. The van der Waals surface area contributed by atoms with Gasteiger partial charge >= 0.3 is 0 Å². The number of unbranched alkanes of at least 4 members (excludes halogenated alkanes) is 1. The second kappa shape index (κ2) is 7.91. The normalized spacial score (nSPS) is 14.7. The molecule has 2 unspecified atom stereocenters. The van der Waals surface area contributed by atoms with Crippen LogP contribution in [0.1, 0.15) is 33.1 Å². The lowest BCUT2D eigenvalue weighted by molar-refractivity contribution is -0.112. The Morgan fingerprint density at radius 3 is 2.53 bits per heavy atom. The molecule has 0 saturated heterocycles. The van der Waals surface area contributed by atoms with Gasteiger partial charge in [-0.3, -0.25) is 4.79 Å². The van der Waals surface area contributed by atoms with Crippen LogP contribution in [0, 0.1) is 0 Å². The zero-order valence-corrected chi connectivity index (χ0v) is 10.2. The zero-order valence-electron chi connectivity index (χ0n) is 9.40. The summed E-state index contributed by atoms with van der Waals surface area (Å²) in [5, 5.41) is 18.3. The first-order valence-corrected chi connectivity index (χ1v) is 6.06. The van der Waals surface area contributed by atoms with Crippen molar-refractivity contribution in [2.75, 3.05) is 6.61 Å². The van der Waals surface area contributed by atoms with Crippen molar-refractivity contribution >= 4 is 17.5 Å². The molecule has 0 aromatic heterocycles. The average Bonchev–Trinajstić information content (AvgIpc) is 2.22. The van der Waals surface area contributed by atoms with E-state index in [1.807, 2.05) is 0 Å². The predicted octanol–water partition coefficient (Wildman–Crippen LogP) is 1.73. The molecule has 0 bridgehead atoms. The number of carbonyl (C=O) groups is 1. The van der Waals surface area contributed by atoms with Crippen LogP contribution in [-0.4, -0.2) is 34.0 Å². The number of thioether (sulfide) groups is 1. The van der Waals surface area contributed by atoms with E-state index in [0.717, 1.165) is 19.3 Å². The number of hydrogen-bond acceptors (Lipinski definition) is 4. The van der Waals surface area contributed by atoms with Gasteiger partial charge in [0.05, 0.1) is 12.7 Å². The summed E-state index contributed by atoms with van der Waals surface area (Å²) in [4.78, 5) is 11.4. The Bertz CT molecular complexity index is 216. The minimum absolute atomic E-state index is 0.0772. The van der Waals surface area contributed by atoms with E-state index in [0.29, 0.717) is 4.91 Å². The molecule has 0 heterocycles. The lowest BCUT2D eigenvalue weighted by Gasteiger charge is -2.20. The Balaban J connectivity index is 4.23. The van der Waals surface area contributed by atoms with E-state index >= 15 is 0 Å². The van der Waals surface area contributed by atoms with Gasteiger partial charge < -0.3 is 10.2 Å². The largest absolute Gasteiger partial charge is 0.394 e. The summed E-state index contributed by atoms with van der Waals surface area (Å²) in [7, 11) is 0.